The van der Waals surface area contributed by atoms with E-state index in [9.17, 15) is 0 Å². The third-order valence-corrected chi connectivity index (χ3v) is 4.10. The van der Waals surface area contributed by atoms with E-state index in [1.807, 2.05) is 11.8 Å². The highest BCUT2D eigenvalue weighted by molar-refractivity contribution is 8.13. The van der Waals surface area contributed by atoms with Gasteiger partial charge in [-0.25, -0.2) is 0 Å². The van der Waals surface area contributed by atoms with E-state index in [0.29, 0.717) is 12.0 Å². The number of rotatable bonds is 3. The minimum Gasteiger partial charge on any atom is -0.378 e. The molecule has 0 aromatic rings. The lowest BCUT2D eigenvalue weighted by Crippen LogP contribution is -2.32. The smallest absolute Gasteiger partial charge is 0.156 e. The molecule has 15 heavy (non-hydrogen) atoms. The summed E-state index contributed by atoms with van der Waals surface area (Å²) in [7, 11) is 0. The van der Waals surface area contributed by atoms with Crippen molar-refractivity contribution in [2.24, 2.45) is 10.9 Å². The van der Waals surface area contributed by atoms with E-state index >= 15 is 0 Å². The number of hydrogen-bond donors (Lipinski definition) is 1. The van der Waals surface area contributed by atoms with Crippen LogP contribution in [0, 0.1) is 5.92 Å². The Morgan fingerprint density at radius 3 is 3.27 bits per heavy atom. The molecular weight excluding hydrogens is 208 g/mol. The van der Waals surface area contributed by atoms with Crippen LogP contribution in [0.4, 0.5) is 0 Å². The minimum absolute atomic E-state index is 0.465. The van der Waals surface area contributed by atoms with Gasteiger partial charge in [0.25, 0.3) is 0 Å². The van der Waals surface area contributed by atoms with Gasteiger partial charge >= 0.3 is 0 Å². The van der Waals surface area contributed by atoms with Crippen LogP contribution in [0.5, 0.6) is 0 Å². The molecule has 0 amide bonds. The van der Waals surface area contributed by atoms with E-state index in [1.165, 1.54) is 18.6 Å². The largest absolute Gasteiger partial charge is 0.378 e. The summed E-state index contributed by atoms with van der Waals surface area (Å²) in [5, 5.41) is 4.60. The summed E-state index contributed by atoms with van der Waals surface area (Å²) in [5.74, 6) is 1.89. The lowest BCUT2D eigenvalue weighted by atomic mass is 10.00. The zero-order valence-electron chi connectivity index (χ0n) is 9.37. The van der Waals surface area contributed by atoms with Gasteiger partial charge in [-0.2, -0.15) is 0 Å². The molecule has 2 aliphatic rings. The van der Waals surface area contributed by atoms with Crippen LogP contribution in [-0.2, 0) is 4.74 Å². The lowest BCUT2D eigenvalue weighted by Gasteiger charge is -2.19. The van der Waals surface area contributed by atoms with Gasteiger partial charge in [0.2, 0.25) is 0 Å². The first-order valence-corrected chi connectivity index (χ1v) is 6.91. The quantitative estimate of drug-likeness (QED) is 0.801. The van der Waals surface area contributed by atoms with Crippen molar-refractivity contribution >= 4 is 16.9 Å². The van der Waals surface area contributed by atoms with Gasteiger partial charge < -0.3 is 10.1 Å². The zero-order valence-corrected chi connectivity index (χ0v) is 10.2. The number of ether oxygens (including phenoxy) is 1. The van der Waals surface area contributed by atoms with Crippen molar-refractivity contribution in [1.82, 2.24) is 5.32 Å². The van der Waals surface area contributed by atoms with Crippen molar-refractivity contribution in [2.75, 3.05) is 25.4 Å². The predicted molar refractivity (Wildman–Crippen MR) is 65.5 cm³/mol. The van der Waals surface area contributed by atoms with Crippen LogP contribution in [-0.4, -0.2) is 36.7 Å². The summed E-state index contributed by atoms with van der Waals surface area (Å²) in [4.78, 5) is 4.47. The van der Waals surface area contributed by atoms with E-state index in [-0.39, 0.29) is 0 Å². The molecule has 3 nitrogen and oxygen atoms in total. The van der Waals surface area contributed by atoms with Crippen molar-refractivity contribution in [3.63, 3.8) is 0 Å². The van der Waals surface area contributed by atoms with Crippen LogP contribution in [0.3, 0.4) is 0 Å². The topological polar surface area (TPSA) is 33.6 Å². The highest BCUT2D eigenvalue weighted by Gasteiger charge is 2.26. The number of nitrogens with zero attached hydrogens (tertiary/aromatic N) is 1. The van der Waals surface area contributed by atoms with Crippen LogP contribution >= 0.6 is 11.8 Å². The second-order valence-electron chi connectivity index (χ2n) is 4.14. The second-order valence-corrected chi connectivity index (χ2v) is 5.22. The van der Waals surface area contributed by atoms with Crippen LogP contribution in [0.1, 0.15) is 26.2 Å². The standard InChI is InChI=1S/C11H20N2OS/c1-2-10-9(4-6-14-10)8-13-11-12-5-3-7-15-11/h9-10H,2-8H2,1H3,(H,12,13). The first kappa shape index (κ1) is 11.3. The van der Waals surface area contributed by atoms with Crippen molar-refractivity contribution in [3.05, 3.63) is 0 Å². The van der Waals surface area contributed by atoms with Gasteiger partial charge in [-0.3, -0.25) is 4.99 Å². The summed E-state index contributed by atoms with van der Waals surface area (Å²) in [5.41, 5.74) is 0. The van der Waals surface area contributed by atoms with Crippen LogP contribution in [0.15, 0.2) is 4.99 Å². The Morgan fingerprint density at radius 2 is 2.53 bits per heavy atom. The van der Waals surface area contributed by atoms with Gasteiger partial charge in [-0.15, -0.1) is 0 Å². The second kappa shape index (κ2) is 5.75. The van der Waals surface area contributed by atoms with Gasteiger partial charge in [-0.05, 0) is 19.3 Å². The third-order valence-electron chi connectivity index (χ3n) is 3.06. The number of nitrogens with one attached hydrogen (secondary N) is 1. The van der Waals surface area contributed by atoms with Gasteiger partial charge in [0.05, 0.1) is 6.10 Å². The first-order chi connectivity index (χ1) is 7.40. The van der Waals surface area contributed by atoms with Crippen molar-refractivity contribution in [1.29, 1.82) is 0 Å². The monoisotopic (exact) mass is 228 g/mol. The maximum Gasteiger partial charge on any atom is 0.156 e. The maximum atomic E-state index is 5.67. The normalized spacial score (nSPS) is 31.4. The van der Waals surface area contributed by atoms with Gasteiger partial charge in [-0.1, -0.05) is 18.7 Å². The third kappa shape index (κ3) is 3.11. The Balaban J connectivity index is 1.74. The van der Waals surface area contributed by atoms with Gasteiger partial charge in [0.1, 0.15) is 0 Å². The summed E-state index contributed by atoms with van der Waals surface area (Å²) in [6.45, 7) is 5.17. The molecule has 2 unspecified atom stereocenters. The number of thioether (sulfide) groups is 1. The highest BCUT2D eigenvalue weighted by atomic mass is 32.2. The van der Waals surface area contributed by atoms with E-state index in [1.54, 1.807) is 0 Å². The molecule has 0 bridgehead atoms. The van der Waals surface area contributed by atoms with Crippen molar-refractivity contribution < 1.29 is 4.74 Å². The molecule has 86 valence electrons. The van der Waals surface area contributed by atoms with Crippen LogP contribution < -0.4 is 5.32 Å². The fourth-order valence-corrected chi connectivity index (χ4v) is 3.00. The molecule has 2 rings (SSSR count). The average Bonchev–Trinajstić information content (AvgIpc) is 2.75. The molecule has 2 atom stereocenters. The molecule has 2 aliphatic heterocycles. The van der Waals surface area contributed by atoms with E-state index in [0.717, 1.165) is 31.3 Å². The van der Waals surface area contributed by atoms with E-state index in [4.69, 9.17) is 4.74 Å². The Labute approximate surface area is 96.1 Å². The number of hydrogen-bond acceptors (Lipinski definition) is 4. The Kier molecular flexibility index (Phi) is 4.32. The summed E-state index contributed by atoms with van der Waals surface area (Å²) in [6.07, 6.45) is 4.02. The van der Waals surface area contributed by atoms with E-state index in [2.05, 4.69) is 17.2 Å². The summed E-state index contributed by atoms with van der Waals surface area (Å²) >= 11 is 1.85. The van der Waals surface area contributed by atoms with Gasteiger partial charge in [0, 0.05) is 31.4 Å². The molecule has 0 saturated carbocycles. The average molecular weight is 228 g/mol. The number of amidine groups is 1. The molecule has 0 aliphatic carbocycles. The van der Waals surface area contributed by atoms with Gasteiger partial charge in [0.15, 0.2) is 5.17 Å². The number of aliphatic imine (C=N–C) groups is 1. The summed E-state index contributed by atoms with van der Waals surface area (Å²) in [6, 6.07) is 0. The Hall–Kier alpha value is -0.220. The first-order valence-electron chi connectivity index (χ1n) is 5.93. The molecule has 1 saturated heterocycles. The van der Waals surface area contributed by atoms with Crippen LogP contribution in [0.25, 0.3) is 0 Å². The molecule has 0 spiro atoms. The van der Waals surface area contributed by atoms with Crippen molar-refractivity contribution in [2.45, 2.75) is 32.3 Å². The summed E-state index contributed by atoms with van der Waals surface area (Å²) < 4.78 is 5.67. The molecule has 1 fully saturated rings. The predicted octanol–water partition coefficient (Wildman–Crippen LogP) is 1.88. The van der Waals surface area contributed by atoms with Crippen LogP contribution in [0.2, 0.25) is 0 Å². The fraction of sp³-hybridized carbons (Fsp3) is 0.909. The molecule has 1 N–H and O–H groups in total. The lowest BCUT2D eigenvalue weighted by molar-refractivity contribution is 0.0883. The Bertz CT molecular complexity index is 233. The zero-order chi connectivity index (χ0) is 10.5. The molecule has 0 aromatic heterocycles. The molecule has 0 radical (unpaired) electrons. The minimum atomic E-state index is 0.465. The maximum absolute atomic E-state index is 5.67. The fourth-order valence-electron chi connectivity index (χ4n) is 2.16. The molecular formula is C11H20N2OS. The molecule has 2 heterocycles. The van der Waals surface area contributed by atoms with E-state index < -0.39 is 0 Å². The molecule has 0 aromatic carbocycles. The SMILES string of the molecule is CCC1OCCC1CNC1=NCCCS1. The molecule has 4 heteroatoms. The highest BCUT2D eigenvalue weighted by Crippen LogP contribution is 2.23. The van der Waals surface area contributed by atoms with Crippen molar-refractivity contribution in [3.8, 4) is 0 Å². The Morgan fingerprint density at radius 1 is 1.60 bits per heavy atom.